The summed E-state index contributed by atoms with van der Waals surface area (Å²) in [5, 5.41) is 5.18. The van der Waals surface area contributed by atoms with E-state index < -0.39 is 0 Å². The van der Waals surface area contributed by atoms with Gasteiger partial charge in [-0.15, -0.1) is 11.3 Å². The highest BCUT2D eigenvalue weighted by atomic mass is 32.1. The zero-order valence-electron chi connectivity index (χ0n) is 19.0. The van der Waals surface area contributed by atoms with E-state index in [9.17, 15) is 4.79 Å². The van der Waals surface area contributed by atoms with Crippen LogP contribution in [0.25, 0.3) is 27.5 Å². The summed E-state index contributed by atoms with van der Waals surface area (Å²) in [6, 6.07) is 20.0. The lowest BCUT2D eigenvalue weighted by molar-refractivity contribution is -0.120. The molecule has 1 fully saturated rings. The molecule has 0 spiro atoms. The van der Waals surface area contributed by atoms with Crippen LogP contribution in [0.1, 0.15) is 12.8 Å². The number of imidazole rings is 1. The highest BCUT2D eigenvalue weighted by molar-refractivity contribution is 7.15. The second-order valence-corrected chi connectivity index (χ2v) is 9.52. The Morgan fingerprint density at radius 3 is 2.60 bits per heavy atom. The zero-order valence-corrected chi connectivity index (χ0v) is 19.9. The van der Waals surface area contributed by atoms with Crippen molar-refractivity contribution in [2.45, 2.75) is 12.8 Å². The van der Waals surface area contributed by atoms with Gasteiger partial charge in [-0.3, -0.25) is 9.20 Å². The number of carbonyl (C=O) groups is 1. The van der Waals surface area contributed by atoms with Crippen LogP contribution in [0.5, 0.6) is 0 Å². The zero-order chi connectivity index (χ0) is 23.6. The summed E-state index contributed by atoms with van der Waals surface area (Å²) in [4.78, 5) is 30.0. The second kappa shape index (κ2) is 9.31. The highest BCUT2D eigenvalue weighted by Crippen LogP contribution is 2.30. The summed E-state index contributed by atoms with van der Waals surface area (Å²) in [7, 11) is 0. The van der Waals surface area contributed by atoms with E-state index in [-0.39, 0.29) is 11.8 Å². The van der Waals surface area contributed by atoms with Crippen LogP contribution in [0.3, 0.4) is 0 Å². The number of aromatic nitrogens is 4. The summed E-state index contributed by atoms with van der Waals surface area (Å²) >= 11 is 1.59. The summed E-state index contributed by atoms with van der Waals surface area (Å²) in [6.07, 6.45) is 7.16. The normalized spacial score (nSPS) is 14.3. The molecule has 2 aromatic carbocycles. The number of rotatable bonds is 5. The minimum atomic E-state index is -0.0415. The molecule has 3 aromatic heterocycles. The second-order valence-electron chi connectivity index (χ2n) is 8.64. The van der Waals surface area contributed by atoms with Crippen molar-refractivity contribution in [2.24, 2.45) is 5.92 Å². The lowest BCUT2D eigenvalue weighted by atomic mass is 9.95. The van der Waals surface area contributed by atoms with E-state index in [2.05, 4.69) is 20.2 Å². The number of hydrogen-bond acceptors (Lipinski definition) is 6. The van der Waals surface area contributed by atoms with E-state index in [0.717, 1.165) is 64.9 Å². The van der Waals surface area contributed by atoms with E-state index in [0.29, 0.717) is 0 Å². The molecule has 1 saturated heterocycles. The van der Waals surface area contributed by atoms with Gasteiger partial charge in [-0.05, 0) is 18.9 Å². The monoisotopic (exact) mass is 480 g/mol. The van der Waals surface area contributed by atoms with Gasteiger partial charge in [-0.2, -0.15) is 0 Å². The van der Waals surface area contributed by atoms with E-state index in [1.807, 2.05) is 82.8 Å². The molecule has 1 amide bonds. The van der Waals surface area contributed by atoms with Crippen LogP contribution >= 0.6 is 11.3 Å². The molecule has 0 saturated carbocycles. The van der Waals surface area contributed by atoms with Crippen molar-refractivity contribution >= 4 is 33.7 Å². The van der Waals surface area contributed by atoms with Gasteiger partial charge < -0.3 is 10.2 Å². The molecule has 5 aromatic rings. The minimum absolute atomic E-state index is 0.0415. The maximum atomic E-state index is 13.2. The van der Waals surface area contributed by atoms with Crippen molar-refractivity contribution < 1.29 is 4.79 Å². The Bertz CT molecular complexity index is 1440. The van der Waals surface area contributed by atoms with Gasteiger partial charge in [0, 0.05) is 54.0 Å². The minimum Gasteiger partial charge on any atom is -0.356 e. The number of hydrogen-bond donors (Lipinski definition) is 1. The fraction of sp³-hybridized carbons (Fsp3) is 0.185. The first-order valence-corrected chi connectivity index (χ1v) is 12.6. The SMILES string of the molecule is O=C(Nc1ccccc1-c1cn2ccsc2n1)C1CCN(c2cc(-c3ccccc3)ncn2)CC1. The average molecular weight is 481 g/mol. The molecule has 6 rings (SSSR count). The molecule has 0 atom stereocenters. The number of thiazole rings is 1. The van der Waals surface area contributed by atoms with E-state index >= 15 is 0 Å². The van der Waals surface area contributed by atoms with Crippen LogP contribution in [-0.4, -0.2) is 38.3 Å². The van der Waals surface area contributed by atoms with Crippen molar-refractivity contribution in [1.82, 2.24) is 19.4 Å². The number of benzene rings is 2. The largest absolute Gasteiger partial charge is 0.356 e. The van der Waals surface area contributed by atoms with Crippen LogP contribution in [0.2, 0.25) is 0 Å². The van der Waals surface area contributed by atoms with Crippen LogP contribution in [0, 0.1) is 5.92 Å². The molecule has 0 unspecified atom stereocenters. The fourth-order valence-electron chi connectivity index (χ4n) is 4.57. The summed E-state index contributed by atoms with van der Waals surface area (Å²) in [5.74, 6) is 0.925. The number of fused-ring (bicyclic) bond motifs is 1. The van der Waals surface area contributed by atoms with Crippen LogP contribution < -0.4 is 10.2 Å². The molecule has 8 heteroatoms. The van der Waals surface area contributed by atoms with Gasteiger partial charge in [-0.25, -0.2) is 15.0 Å². The first-order valence-electron chi connectivity index (χ1n) is 11.7. The predicted molar refractivity (Wildman–Crippen MR) is 140 cm³/mol. The maximum absolute atomic E-state index is 13.2. The standard InChI is InChI=1S/C27H24N6OS/c34-26(30-22-9-5-4-8-21(22)24-17-33-14-15-35-27(33)31-24)20-10-12-32(13-11-20)25-16-23(28-18-29-25)19-6-2-1-3-7-19/h1-9,14-18,20H,10-13H2,(H,30,34). The maximum Gasteiger partial charge on any atom is 0.227 e. The molecular formula is C27H24N6OS. The Labute approximate surface area is 207 Å². The van der Waals surface area contributed by atoms with Gasteiger partial charge in [0.25, 0.3) is 0 Å². The molecule has 35 heavy (non-hydrogen) atoms. The van der Waals surface area contributed by atoms with Gasteiger partial charge >= 0.3 is 0 Å². The molecule has 4 heterocycles. The first-order chi connectivity index (χ1) is 17.2. The molecule has 174 valence electrons. The van der Waals surface area contributed by atoms with E-state index in [1.54, 1.807) is 17.7 Å². The Morgan fingerprint density at radius 1 is 0.971 bits per heavy atom. The van der Waals surface area contributed by atoms with Crippen LogP contribution in [-0.2, 0) is 4.79 Å². The molecule has 0 bridgehead atoms. The average Bonchev–Trinajstić information content (AvgIpc) is 3.53. The Hall–Kier alpha value is -4.04. The van der Waals surface area contributed by atoms with E-state index in [1.165, 1.54) is 0 Å². The molecule has 1 aliphatic rings. The van der Waals surface area contributed by atoms with Crippen molar-refractivity contribution in [3.05, 3.63) is 84.8 Å². The van der Waals surface area contributed by atoms with Gasteiger partial charge in [0.05, 0.1) is 17.1 Å². The summed E-state index contributed by atoms with van der Waals surface area (Å²) in [6.45, 7) is 1.56. The number of anilines is 2. The van der Waals surface area contributed by atoms with Crippen LogP contribution in [0.15, 0.2) is 84.8 Å². The Kier molecular flexibility index (Phi) is 5.71. The van der Waals surface area contributed by atoms with Crippen LogP contribution in [0.4, 0.5) is 11.5 Å². The molecule has 0 radical (unpaired) electrons. The number of carbonyl (C=O) groups excluding carboxylic acids is 1. The Balaban J connectivity index is 1.13. The number of amides is 1. The molecule has 1 aliphatic heterocycles. The van der Waals surface area contributed by atoms with Crippen molar-refractivity contribution in [3.63, 3.8) is 0 Å². The van der Waals surface area contributed by atoms with Crippen molar-refractivity contribution in [3.8, 4) is 22.5 Å². The molecule has 7 nitrogen and oxygen atoms in total. The highest BCUT2D eigenvalue weighted by Gasteiger charge is 2.26. The smallest absolute Gasteiger partial charge is 0.227 e. The first kappa shape index (κ1) is 21.5. The molecular weight excluding hydrogens is 456 g/mol. The molecule has 1 N–H and O–H groups in total. The third-order valence-electron chi connectivity index (χ3n) is 6.47. The van der Waals surface area contributed by atoms with E-state index in [4.69, 9.17) is 4.98 Å². The van der Waals surface area contributed by atoms with Crippen molar-refractivity contribution in [1.29, 1.82) is 0 Å². The number of para-hydroxylation sites is 1. The van der Waals surface area contributed by atoms with Gasteiger partial charge in [-0.1, -0.05) is 48.5 Å². The number of nitrogens with zero attached hydrogens (tertiary/aromatic N) is 5. The van der Waals surface area contributed by atoms with Gasteiger partial charge in [0.1, 0.15) is 12.1 Å². The Morgan fingerprint density at radius 2 is 1.77 bits per heavy atom. The summed E-state index contributed by atoms with van der Waals surface area (Å²) in [5.41, 5.74) is 4.58. The quantitative estimate of drug-likeness (QED) is 0.366. The number of nitrogens with one attached hydrogen (secondary N) is 1. The topological polar surface area (TPSA) is 75.4 Å². The van der Waals surface area contributed by atoms with Crippen molar-refractivity contribution in [2.75, 3.05) is 23.3 Å². The molecule has 0 aliphatic carbocycles. The lowest BCUT2D eigenvalue weighted by Gasteiger charge is -2.32. The summed E-state index contributed by atoms with van der Waals surface area (Å²) < 4.78 is 2.00. The fourth-order valence-corrected chi connectivity index (χ4v) is 5.27. The third kappa shape index (κ3) is 4.40. The van der Waals surface area contributed by atoms with Gasteiger partial charge in [0.2, 0.25) is 5.91 Å². The predicted octanol–water partition coefficient (Wildman–Crippen LogP) is 5.37. The number of piperidine rings is 1. The lowest BCUT2D eigenvalue weighted by Crippen LogP contribution is -2.38. The third-order valence-corrected chi connectivity index (χ3v) is 7.24. The van der Waals surface area contributed by atoms with Gasteiger partial charge in [0.15, 0.2) is 4.96 Å².